The molecule has 6 nitrogen and oxygen atoms in total. The van der Waals surface area contributed by atoms with E-state index in [1.807, 2.05) is 42.5 Å². The van der Waals surface area contributed by atoms with Crippen LogP contribution in [0.4, 0.5) is 10.5 Å². The molecule has 0 aromatic heterocycles. The fourth-order valence-electron chi connectivity index (χ4n) is 3.32. The van der Waals surface area contributed by atoms with Crippen molar-refractivity contribution in [1.29, 1.82) is 0 Å². The normalized spacial score (nSPS) is 15.1. The highest BCUT2D eigenvalue weighted by Crippen LogP contribution is 2.27. The van der Waals surface area contributed by atoms with Gasteiger partial charge in [0.05, 0.1) is 9.26 Å². The summed E-state index contributed by atoms with van der Waals surface area (Å²) in [6, 6.07) is 21.5. The molecule has 1 fully saturated rings. The molecular formula is C25H19IN2O4. The Labute approximate surface area is 199 Å². The van der Waals surface area contributed by atoms with E-state index in [1.165, 1.54) is 6.08 Å². The highest BCUT2D eigenvalue weighted by molar-refractivity contribution is 14.1. The van der Waals surface area contributed by atoms with Crippen LogP contribution in [-0.2, 0) is 16.2 Å². The predicted octanol–water partition coefficient (Wildman–Crippen LogP) is 4.85. The van der Waals surface area contributed by atoms with Crippen molar-refractivity contribution in [2.24, 2.45) is 0 Å². The van der Waals surface area contributed by atoms with Crippen molar-refractivity contribution < 1.29 is 19.1 Å². The third-order valence-electron chi connectivity index (χ3n) is 4.96. The number of carbonyl (C=O) groups is 3. The van der Waals surface area contributed by atoms with Crippen molar-refractivity contribution in [3.63, 3.8) is 0 Å². The Balaban J connectivity index is 1.58. The molecule has 0 aliphatic carbocycles. The maximum Gasteiger partial charge on any atom is 0.335 e. The number of nitrogens with zero attached hydrogens (tertiary/aromatic N) is 1. The summed E-state index contributed by atoms with van der Waals surface area (Å²) in [6.07, 6.45) is 1.48. The molecular weight excluding hydrogens is 519 g/mol. The third-order valence-corrected chi connectivity index (χ3v) is 5.81. The van der Waals surface area contributed by atoms with Crippen LogP contribution in [0.3, 0.4) is 0 Å². The molecule has 0 unspecified atom stereocenters. The third kappa shape index (κ3) is 4.57. The summed E-state index contributed by atoms with van der Waals surface area (Å²) in [5, 5.41) is 2.25. The minimum atomic E-state index is -0.759. The monoisotopic (exact) mass is 538 g/mol. The molecule has 1 aliphatic heterocycles. The van der Waals surface area contributed by atoms with Crippen LogP contribution in [0.25, 0.3) is 6.08 Å². The number of benzene rings is 3. The zero-order chi connectivity index (χ0) is 22.7. The molecule has 7 heteroatoms. The summed E-state index contributed by atoms with van der Waals surface area (Å²) in [5.41, 5.74) is 2.78. The Hall–Kier alpha value is -3.46. The molecule has 1 saturated heterocycles. The van der Waals surface area contributed by atoms with Gasteiger partial charge in [-0.15, -0.1) is 0 Å². The quantitative estimate of drug-likeness (QED) is 0.287. The average molecular weight is 538 g/mol. The highest BCUT2D eigenvalue weighted by Gasteiger charge is 2.37. The number of carbonyl (C=O) groups excluding carboxylic acids is 3. The average Bonchev–Trinajstić information content (AvgIpc) is 2.78. The number of halogens is 1. The van der Waals surface area contributed by atoms with Crippen LogP contribution in [-0.4, -0.2) is 17.8 Å². The number of imide groups is 2. The number of anilines is 1. The Morgan fingerprint density at radius 2 is 1.69 bits per heavy atom. The first-order chi connectivity index (χ1) is 15.4. The molecule has 0 radical (unpaired) electrons. The largest absolute Gasteiger partial charge is 0.488 e. The van der Waals surface area contributed by atoms with E-state index in [0.717, 1.165) is 19.6 Å². The van der Waals surface area contributed by atoms with Crippen molar-refractivity contribution >= 4 is 52.2 Å². The number of para-hydroxylation sites is 1. The van der Waals surface area contributed by atoms with Crippen LogP contribution >= 0.6 is 22.6 Å². The Kier molecular flexibility index (Phi) is 6.36. The number of barbiturate groups is 1. The number of nitrogens with one attached hydrogen (secondary N) is 1. The zero-order valence-electron chi connectivity index (χ0n) is 17.2. The first-order valence-electron chi connectivity index (χ1n) is 9.87. The molecule has 32 heavy (non-hydrogen) atoms. The van der Waals surface area contributed by atoms with E-state index in [0.29, 0.717) is 23.6 Å². The van der Waals surface area contributed by atoms with Gasteiger partial charge in [-0.3, -0.25) is 14.9 Å². The minimum absolute atomic E-state index is 0.110. The molecule has 0 spiro atoms. The lowest BCUT2D eigenvalue weighted by molar-refractivity contribution is -0.122. The second-order valence-electron chi connectivity index (χ2n) is 7.21. The predicted molar refractivity (Wildman–Crippen MR) is 130 cm³/mol. The lowest BCUT2D eigenvalue weighted by atomic mass is 10.1. The summed E-state index contributed by atoms with van der Waals surface area (Å²) < 4.78 is 6.72. The van der Waals surface area contributed by atoms with Gasteiger partial charge >= 0.3 is 6.03 Å². The van der Waals surface area contributed by atoms with Crippen LogP contribution in [0.2, 0.25) is 0 Å². The number of urea groups is 1. The summed E-state index contributed by atoms with van der Waals surface area (Å²) >= 11 is 2.15. The summed E-state index contributed by atoms with van der Waals surface area (Å²) in [5.74, 6) is -0.676. The smallest absolute Gasteiger partial charge is 0.335 e. The van der Waals surface area contributed by atoms with Gasteiger partial charge in [0.25, 0.3) is 11.8 Å². The summed E-state index contributed by atoms with van der Waals surface area (Å²) in [4.78, 5) is 38.9. The van der Waals surface area contributed by atoms with E-state index in [1.54, 1.807) is 37.3 Å². The SMILES string of the molecule is Cc1ccccc1N1C(=O)NC(=O)/C(=C\c2ccc(OCc3ccccc3)c(I)c2)C1=O. The Bertz CT molecular complexity index is 1240. The minimum Gasteiger partial charge on any atom is -0.488 e. The molecule has 0 atom stereocenters. The molecule has 3 aromatic carbocycles. The summed E-state index contributed by atoms with van der Waals surface area (Å²) in [6.45, 7) is 2.23. The first-order valence-corrected chi connectivity index (χ1v) is 11.0. The van der Waals surface area contributed by atoms with Gasteiger partial charge in [0.15, 0.2) is 0 Å². The zero-order valence-corrected chi connectivity index (χ0v) is 19.3. The number of rotatable bonds is 5. The van der Waals surface area contributed by atoms with Crippen molar-refractivity contribution in [2.75, 3.05) is 4.90 Å². The number of aryl methyl sites for hydroxylation is 1. The topological polar surface area (TPSA) is 75.7 Å². The van der Waals surface area contributed by atoms with Gasteiger partial charge in [-0.2, -0.15) is 0 Å². The molecule has 1 heterocycles. The maximum atomic E-state index is 13.1. The van der Waals surface area contributed by atoms with E-state index in [2.05, 4.69) is 27.9 Å². The molecule has 3 aromatic rings. The van der Waals surface area contributed by atoms with Crippen LogP contribution in [0.15, 0.2) is 78.4 Å². The van der Waals surface area contributed by atoms with Crippen LogP contribution < -0.4 is 15.0 Å². The van der Waals surface area contributed by atoms with Crippen LogP contribution in [0.1, 0.15) is 16.7 Å². The van der Waals surface area contributed by atoms with Gasteiger partial charge in [0.2, 0.25) is 0 Å². The van der Waals surface area contributed by atoms with Crippen LogP contribution in [0.5, 0.6) is 5.75 Å². The fourth-order valence-corrected chi connectivity index (χ4v) is 4.01. The van der Waals surface area contributed by atoms with E-state index in [4.69, 9.17) is 4.74 Å². The van der Waals surface area contributed by atoms with Crippen molar-refractivity contribution in [3.8, 4) is 5.75 Å². The van der Waals surface area contributed by atoms with Gasteiger partial charge in [-0.05, 0) is 70.5 Å². The first kappa shape index (κ1) is 21.8. The van der Waals surface area contributed by atoms with Crippen LogP contribution in [0, 0.1) is 10.5 Å². The van der Waals surface area contributed by atoms with E-state index in [9.17, 15) is 14.4 Å². The number of hydrogen-bond donors (Lipinski definition) is 1. The van der Waals surface area contributed by atoms with Gasteiger partial charge in [-0.25, -0.2) is 9.69 Å². The van der Waals surface area contributed by atoms with Gasteiger partial charge in [0.1, 0.15) is 17.9 Å². The van der Waals surface area contributed by atoms with Gasteiger partial charge in [-0.1, -0.05) is 54.6 Å². The van der Waals surface area contributed by atoms with E-state index >= 15 is 0 Å². The molecule has 0 bridgehead atoms. The Morgan fingerprint density at radius 1 is 0.969 bits per heavy atom. The molecule has 0 saturated carbocycles. The molecule has 1 aliphatic rings. The molecule has 4 amide bonds. The van der Waals surface area contributed by atoms with E-state index in [-0.39, 0.29) is 5.57 Å². The number of ether oxygens (including phenoxy) is 1. The van der Waals surface area contributed by atoms with Crippen molar-refractivity contribution in [1.82, 2.24) is 5.32 Å². The molecule has 4 rings (SSSR count). The maximum absolute atomic E-state index is 13.1. The van der Waals surface area contributed by atoms with Crippen molar-refractivity contribution in [2.45, 2.75) is 13.5 Å². The summed E-state index contributed by atoms with van der Waals surface area (Å²) in [7, 11) is 0. The second kappa shape index (κ2) is 9.35. The van der Waals surface area contributed by atoms with Gasteiger partial charge in [0, 0.05) is 0 Å². The molecule has 160 valence electrons. The Morgan fingerprint density at radius 3 is 2.41 bits per heavy atom. The molecule has 1 N–H and O–H groups in total. The highest BCUT2D eigenvalue weighted by atomic mass is 127. The lowest BCUT2D eigenvalue weighted by Gasteiger charge is -2.27. The number of hydrogen-bond acceptors (Lipinski definition) is 4. The van der Waals surface area contributed by atoms with Crippen molar-refractivity contribution in [3.05, 3.63) is 98.6 Å². The standard InChI is InChI=1S/C25H19IN2O4/c1-16-7-5-6-10-21(16)28-24(30)19(23(29)27-25(28)31)13-18-11-12-22(20(26)14-18)32-15-17-8-3-2-4-9-17/h2-14H,15H2,1H3,(H,27,29,31)/b19-13+. The second-order valence-corrected chi connectivity index (χ2v) is 8.37. The lowest BCUT2D eigenvalue weighted by Crippen LogP contribution is -2.54. The van der Waals surface area contributed by atoms with Gasteiger partial charge < -0.3 is 4.74 Å². The fraction of sp³-hybridized carbons (Fsp3) is 0.0800. The number of amides is 4. The van der Waals surface area contributed by atoms with E-state index < -0.39 is 17.8 Å².